The molecule has 2 aromatic rings. The lowest BCUT2D eigenvalue weighted by molar-refractivity contribution is -0.143. The molecular formula is C21H17F7N2O3. The summed E-state index contributed by atoms with van der Waals surface area (Å²) in [6.45, 7) is 1.10. The van der Waals surface area contributed by atoms with Gasteiger partial charge in [-0.25, -0.2) is 4.39 Å². The first-order chi connectivity index (χ1) is 15.3. The molecule has 1 aliphatic heterocycles. The normalized spacial score (nSPS) is 16.3. The highest BCUT2D eigenvalue weighted by atomic mass is 19.4. The highest BCUT2D eigenvalue weighted by Gasteiger charge is 2.37. The van der Waals surface area contributed by atoms with Crippen LogP contribution in [0.25, 0.3) is 0 Å². The van der Waals surface area contributed by atoms with Crippen molar-refractivity contribution in [3.05, 3.63) is 53.3 Å². The zero-order valence-electron chi connectivity index (χ0n) is 17.0. The average molecular weight is 478 g/mol. The molecule has 0 aliphatic carbocycles. The van der Waals surface area contributed by atoms with E-state index in [2.05, 4.69) is 5.32 Å². The van der Waals surface area contributed by atoms with E-state index in [9.17, 15) is 40.3 Å². The second kappa shape index (κ2) is 8.91. The molecule has 1 N–H and O–H groups in total. The second-order valence-corrected chi connectivity index (χ2v) is 7.28. The summed E-state index contributed by atoms with van der Waals surface area (Å²) < 4.78 is 96.0. The molecule has 0 aromatic heterocycles. The van der Waals surface area contributed by atoms with Crippen LogP contribution >= 0.6 is 0 Å². The van der Waals surface area contributed by atoms with Crippen LogP contribution in [0.2, 0.25) is 0 Å². The maximum Gasteiger partial charge on any atom is 0.416 e. The molecule has 1 aliphatic rings. The fourth-order valence-electron chi connectivity index (χ4n) is 3.28. The molecule has 1 unspecified atom stereocenters. The molecule has 0 fully saturated rings. The highest BCUT2D eigenvalue weighted by Crippen LogP contribution is 2.38. The molecular weight excluding hydrogens is 461 g/mol. The maximum absolute atomic E-state index is 13.4. The van der Waals surface area contributed by atoms with Crippen LogP contribution in [0.4, 0.5) is 42.1 Å². The lowest BCUT2D eigenvalue weighted by atomic mass is 10.1. The summed E-state index contributed by atoms with van der Waals surface area (Å²) in [6, 6.07) is 3.44. The summed E-state index contributed by atoms with van der Waals surface area (Å²) in [5.41, 5.74) is -2.66. The van der Waals surface area contributed by atoms with Crippen LogP contribution in [0.1, 0.15) is 30.9 Å². The van der Waals surface area contributed by atoms with Crippen molar-refractivity contribution in [2.24, 2.45) is 0 Å². The van der Waals surface area contributed by atoms with Crippen molar-refractivity contribution in [3.63, 3.8) is 0 Å². The fourth-order valence-corrected chi connectivity index (χ4v) is 3.28. The topological polar surface area (TPSA) is 58.6 Å². The van der Waals surface area contributed by atoms with Gasteiger partial charge in [0.15, 0.2) is 0 Å². The monoisotopic (exact) mass is 478 g/mol. The molecule has 33 heavy (non-hydrogen) atoms. The van der Waals surface area contributed by atoms with Crippen LogP contribution in [0.5, 0.6) is 5.75 Å². The van der Waals surface area contributed by atoms with E-state index in [0.29, 0.717) is 12.1 Å². The van der Waals surface area contributed by atoms with Gasteiger partial charge in [-0.2, -0.15) is 26.3 Å². The van der Waals surface area contributed by atoms with E-state index >= 15 is 0 Å². The van der Waals surface area contributed by atoms with Crippen LogP contribution in [0.3, 0.4) is 0 Å². The fraction of sp³-hybridized carbons (Fsp3) is 0.333. The number of alkyl halides is 6. The molecule has 12 heteroatoms. The van der Waals surface area contributed by atoms with Crippen LogP contribution in [0.15, 0.2) is 36.4 Å². The summed E-state index contributed by atoms with van der Waals surface area (Å²) >= 11 is 0. The Morgan fingerprint density at radius 1 is 1.03 bits per heavy atom. The number of rotatable bonds is 5. The maximum atomic E-state index is 13.4. The molecule has 1 heterocycles. The third-order valence-electron chi connectivity index (χ3n) is 4.88. The van der Waals surface area contributed by atoms with Crippen molar-refractivity contribution >= 4 is 23.2 Å². The van der Waals surface area contributed by atoms with Gasteiger partial charge in [0, 0.05) is 6.42 Å². The van der Waals surface area contributed by atoms with Gasteiger partial charge in [0.05, 0.1) is 29.1 Å². The number of carbonyl (C=O) groups excluding carboxylic acids is 2. The van der Waals surface area contributed by atoms with Gasteiger partial charge in [0.25, 0.3) is 0 Å². The van der Waals surface area contributed by atoms with Crippen LogP contribution in [-0.4, -0.2) is 24.5 Å². The summed E-state index contributed by atoms with van der Waals surface area (Å²) in [4.78, 5) is 25.9. The summed E-state index contributed by atoms with van der Waals surface area (Å²) in [7, 11) is 0. The Kier molecular flexibility index (Phi) is 6.57. The van der Waals surface area contributed by atoms with E-state index in [-0.39, 0.29) is 36.9 Å². The number of nitrogens with zero attached hydrogens (tertiary/aromatic N) is 1. The number of hydrogen-bond donors (Lipinski definition) is 1. The number of hydrogen-bond acceptors (Lipinski definition) is 3. The molecule has 0 saturated heterocycles. The van der Waals surface area contributed by atoms with E-state index in [1.807, 2.05) is 0 Å². The lowest BCUT2D eigenvalue weighted by Gasteiger charge is -2.34. The average Bonchev–Trinajstić information content (AvgIpc) is 2.70. The molecule has 0 saturated carbocycles. The predicted molar refractivity (Wildman–Crippen MR) is 103 cm³/mol. The van der Waals surface area contributed by atoms with Gasteiger partial charge in [0.1, 0.15) is 17.6 Å². The van der Waals surface area contributed by atoms with E-state index in [4.69, 9.17) is 4.74 Å². The minimum atomic E-state index is -5.01. The summed E-state index contributed by atoms with van der Waals surface area (Å²) in [5.74, 6) is -2.35. The Bertz CT molecular complexity index is 1030. The van der Waals surface area contributed by atoms with Gasteiger partial charge in [-0.3, -0.25) is 14.5 Å². The van der Waals surface area contributed by atoms with Crippen LogP contribution < -0.4 is 15.0 Å². The molecule has 2 aromatic carbocycles. The molecule has 0 radical (unpaired) electrons. The molecule has 2 amide bonds. The number of carbonyl (C=O) groups is 2. The zero-order chi connectivity index (χ0) is 24.6. The van der Waals surface area contributed by atoms with Crippen molar-refractivity contribution in [1.29, 1.82) is 0 Å². The summed E-state index contributed by atoms with van der Waals surface area (Å²) in [5, 5.41) is 2.48. The van der Waals surface area contributed by atoms with E-state index < -0.39 is 52.9 Å². The Morgan fingerprint density at radius 2 is 1.64 bits per heavy atom. The third kappa shape index (κ3) is 5.55. The van der Waals surface area contributed by atoms with Crippen molar-refractivity contribution in [2.45, 2.75) is 38.2 Å². The quantitative estimate of drug-likeness (QED) is 0.463. The molecule has 3 rings (SSSR count). The number of halogens is 7. The van der Waals surface area contributed by atoms with Gasteiger partial charge in [-0.05, 0) is 49.7 Å². The lowest BCUT2D eigenvalue weighted by Crippen LogP contribution is -2.49. The largest absolute Gasteiger partial charge is 0.494 e. The second-order valence-electron chi connectivity index (χ2n) is 7.28. The van der Waals surface area contributed by atoms with E-state index in [1.165, 1.54) is 13.0 Å². The molecule has 1 atom stereocenters. The van der Waals surface area contributed by atoms with E-state index in [0.717, 1.165) is 17.0 Å². The SMILES string of the molecule is CC1C(=O)Nc2cc(F)ccc2N1C(=O)CCCOc1cc(C(F)(F)F)cc(C(F)(F)F)c1. The first-order valence-corrected chi connectivity index (χ1v) is 9.62. The van der Waals surface area contributed by atoms with Crippen molar-refractivity contribution in [3.8, 4) is 5.75 Å². The Morgan fingerprint density at radius 3 is 2.21 bits per heavy atom. The summed E-state index contributed by atoms with van der Waals surface area (Å²) in [6.07, 6.45) is -10.3. The Hall–Kier alpha value is -3.31. The number of amides is 2. The first-order valence-electron chi connectivity index (χ1n) is 9.62. The smallest absolute Gasteiger partial charge is 0.416 e. The minimum absolute atomic E-state index is 0.0144. The number of fused-ring (bicyclic) bond motifs is 1. The predicted octanol–water partition coefficient (Wildman–Crippen LogP) is 5.40. The van der Waals surface area contributed by atoms with E-state index in [1.54, 1.807) is 0 Å². The Labute approximate surface area is 183 Å². The minimum Gasteiger partial charge on any atom is -0.494 e. The molecule has 5 nitrogen and oxygen atoms in total. The number of nitrogens with one attached hydrogen (secondary N) is 1. The van der Waals surface area contributed by atoms with Crippen molar-refractivity contribution in [2.75, 3.05) is 16.8 Å². The van der Waals surface area contributed by atoms with Crippen molar-refractivity contribution in [1.82, 2.24) is 0 Å². The molecule has 0 bridgehead atoms. The van der Waals surface area contributed by atoms with Crippen molar-refractivity contribution < 1.29 is 45.1 Å². The van der Waals surface area contributed by atoms with Gasteiger partial charge in [-0.1, -0.05) is 0 Å². The first kappa shape index (κ1) is 24.3. The number of ether oxygens (including phenoxy) is 1. The van der Waals surface area contributed by atoms with Crippen LogP contribution in [0, 0.1) is 5.82 Å². The van der Waals surface area contributed by atoms with Crippen LogP contribution in [-0.2, 0) is 21.9 Å². The number of benzene rings is 2. The highest BCUT2D eigenvalue weighted by molar-refractivity contribution is 6.11. The van der Waals surface area contributed by atoms with Gasteiger partial charge in [0.2, 0.25) is 11.8 Å². The number of anilines is 2. The third-order valence-corrected chi connectivity index (χ3v) is 4.88. The van der Waals surface area contributed by atoms with Gasteiger partial charge < -0.3 is 10.1 Å². The molecule has 178 valence electrons. The molecule has 0 spiro atoms. The van der Waals surface area contributed by atoms with Gasteiger partial charge in [-0.15, -0.1) is 0 Å². The Balaban J connectivity index is 1.68. The zero-order valence-corrected chi connectivity index (χ0v) is 17.0. The standard InChI is InChI=1S/C21H17F7N2O3/c1-11-19(32)29-16-10-14(22)4-5-17(16)30(11)18(31)3-2-6-33-15-8-12(20(23,24)25)7-13(9-15)21(26,27)28/h4-5,7-11H,2-3,6H2,1H3,(H,29,32). The van der Waals surface area contributed by atoms with Gasteiger partial charge >= 0.3 is 12.4 Å².